The molecule has 5 nitrogen and oxygen atoms in total. The van der Waals surface area contributed by atoms with Crippen molar-refractivity contribution in [3.05, 3.63) is 65.0 Å². The number of hydrogen-bond donors (Lipinski definition) is 2. The van der Waals surface area contributed by atoms with E-state index in [4.69, 9.17) is 10.5 Å². The largest absolute Gasteiger partial charge is 0.377 e. The van der Waals surface area contributed by atoms with E-state index in [-0.39, 0.29) is 5.91 Å². The smallest absolute Gasteiger partial charge is 0.251 e. The summed E-state index contributed by atoms with van der Waals surface area (Å²) >= 11 is 0. The highest BCUT2D eigenvalue weighted by atomic mass is 16.5. The van der Waals surface area contributed by atoms with Crippen molar-refractivity contribution in [2.75, 3.05) is 6.61 Å². The zero-order valence-corrected chi connectivity index (χ0v) is 12.7. The number of hydrogen-bond acceptors (Lipinski definition) is 4. The Morgan fingerprint density at radius 3 is 2.77 bits per heavy atom. The number of nitrogens with one attached hydrogen (secondary N) is 1. The molecule has 0 unspecified atom stereocenters. The molecule has 116 valence electrons. The van der Waals surface area contributed by atoms with Gasteiger partial charge in [-0.3, -0.25) is 9.78 Å². The molecule has 2 aromatic rings. The van der Waals surface area contributed by atoms with Crippen molar-refractivity contribution in [2.45, 2.75) is 26.6 Å². The van der Waals surface area contributed by atoms with Crippen LogP contribution in [0.5, 0.6) is 0 Å². The van der Waals surface area contributed by atoms with Gasteiger partial charge in [0.2, 0.25) is 0 Å². The fourth-order valence-electron chi connectivity index (χ4n) is 2.09. The van der Waals surface area contributed by atoms with E-state index in [1.54, 1.807) is 18.3 Å². The highest BCUT2D eigenvalue weighted by Gasteiger charge is 2.08. The number of carbonyl (C=O) groups excluding carboxylic acids is 1. The van der Waals surface area contributed by atoms with Crippen molar-refractivity contribution < 1.29 is 9.53 Å². The third-order valence-electron chi connectivity index (χ3n) is 3.31. The lowest BCUT2D eigenvalue weighted by Crippen LogP contribution is -2.23. The predicted molar refractivity (Wildman–Crippen MR) is 85.1 cm³/mol. The Kier molecular flexibility index (Phi) is 6.06. The maximum Gasteiger partial charge on any atom is 0.251 e. The lowest BCUT2D eigenvalue weighted by Gasteiger charge is -2.11. The van der Waals surface area contributed by atoms with E-state index in [0.717, 1.165) is 11.1 Å². The van der Waals surface area contributed by atoms with Crippen molar-refractivity contribution in [3.8, 4) is 0 Å². The second-order valence-corrected chi connectivity index (χ2v) is 4.83. The minimum Gasteiger partial charge on any atom is -0.377 e. The Morgan fingerprint density at radius 2 is 2.05 bits per heavy atom. The van der Waals surface area contributed by atoms with Crippen LogP contribution >= 0.6 is 0 Å². The molecule has 0 aliphatic carbocycles. The highest BCUT2D eigenvalue weighted by molar-refractivity contribution is 5.94. The Morgan fingerprint density at radius 1 is 1.27 bits per heavy atom. The monoisotopic (exact) mass is 299 g/mol. The van der Waals surface area contributed by atoms with Crippen LogP contribution in [0, 0.1) is 0 Å². The highest BCUT2D eigenvalue weighted by Crippen LogP contribution is 2.10. The topological polar surface area (TPSA) is 77.2 Å². The SMILES string of the molecule is CCOCc1ccccc1CNC(=O)c1ccnc(CN)c1. The quantitative estimate of drug-likeness (QED) is 0.820. The normalized spacial score (nSPS) is 10.5. The minimum atomic E-state index is -0.136. The van der Waals surface area contributed by atoms with Crippen LogP contribution < -0.4 is 11.1 Å². The maximum absolute atomic E-state index is 12.2. The molecule has 0 atom stereocenters. The van der Waals surface area contributed by atoms with Crippen molar-refractivity contribution >= 4 is 5.91 Å². The molecule has 1 aromatic heterocycles. The average Bonchev–Trinajstić information content (AvgIpc) is 2.58. The molecule has 1 aromatic carbocycles. The molecule has 2 rings (SSSR count). The van der Waals surface area contributed by atoms with E-state index in [9.17, 15) is 4.79 Å². The van der Waals surface area contributed by atoms with Gasteiger partial charge in [0.25, 0.3) is 5.91 Å². The summed E-state index contributed by atoms with van der Waals surface area (Å²) in [5, 5.41) is 2.92. The molecule has 0 saturated carbocycles. The minimum absolute atomic E-state index is 0.136. The summed E-state index contributed by atoms with van der Waals surface area (Å²) in [5.74, 6) is -0.136. The number of pyridine rings is 1. The van der Waals surface area contributed by atoms with Gasteiger partial charge in [-0.1, -0.05) is 24.3 Å². The average molecular weight is 299 g/mol. The van der Waals surface area contributed by atoms with Crippen molar-refractivity contribution in [1.29, 1.82) is 0 Å². The summed E-state index contributed by atoms with van der Waals surface area (Å²) < 4.78 is 5.45. The van der Waals surface area contributed by atoms with Gasteiger partial charge in [0.15, 0.2) is 0 Å². The Bertz CT molecular complexity index is 629. The molecule has 3 N–H and O–H groups in total. The number of rotatable bonds is 7. The molecule has 0 saturated heterocycles. The Balaban J connectivity index is 2.01. The summed E-state index contributed by atoms with van der Waals surface area (Å²) in [4.78, 5) is 16.3. The number of aromatic nitrogens is 1. The zero-order chi connectivity index (χ0) is 15.8. The van der Waals surface area contributed by atoms with E-state index in [2.05, 4.69) is 10.3 Å². The van der Waals surface area contributed by atoms with Crippen molar-refractivity contribution in [2.24, 2.45) is 5.73 Å². The number of nitrogens with zero attached hydrogens (tertiary/aromatic N) is 1. The third kappa shape index (κ3) is 4.38. The van der Waals surface area contributed by atoms with Gasteiger partial charge in [-0.05, 0) is 30.2 Å². The van der Waals surface area contributed by atoms with E-state index < -0.39 is 0 Å². The summed E-state index contributed by atoms with van der Waals surface area (Å²) in [6.07, 6.45) is 1.60. The second kappa shape index (κ2) is 8.26. The van der Waals surface area contributed by atoms with Crippen LogP contribution in [0.4, 0.5) is 0 Å². The molecule has 1 heterocycles. The zero-order valence-electron chi connectivity index (χ0n) is 12.7. The van der Waals surface area contributed by atoms with Gasteiger partial charge < -0.3 is 15.8 Å². The van der Waals surface area contributed by atoms with Crippen LogP contribution in [-0.2, 0) is 24.4 Å². The third-order valence-corrected chi connectivity index (χ3v) is 3.31. The first-order valence-corrected chi connectivity index (χ1v) is 7.32. The maximum atomic E-state index is 12.2. The van der Waals surface area contributed by atoms with Gasteiger partial charge in [-0.25, -0.2) is 0 Å². The van der Waals surface area contributed by atoms with E-state index in [1.165, 1.54) is 0 Å². The van der Waals surface area contributed by atoms with E-state index in [1.807, 2.05) is 31.2 Å². The summed E-state index contributed by atoms with van der Waals surface area (Å²) in [6, 6.07) is 11.3. The lowest BCUT2D eigenvalue weighted by molar-refractivity contribution is 0.0949. The Hall–Kier alpha value is -2.24. The molecule has 0 spiro atoms. The van der Waals surface area contributed by atoms with Crippen LogP contribution in [-0.4, -0.2) is 17.5 Å². The number of carbonyl (C=O) groups is 1. The number of amides is 1. The van der Waals surface area contributed by atoms with Gasteiger partial charge in [-0.15, -0.1) is 0 Å². The van der Waals surface area contributed by atoms with E-state index >= 15 is 0 Å². The molecular formula is C17H21N3O2. The molecule has 0 aliphatic heterocycles. The number of benzene rings is 1. The molecule has 5 heteroatoms. The first-order chi connectivity index (χ1) is 10.7. The van der Waals surface area contributed by atoms with E-state index in [0.29, 0.717) is 37.6 Å². The van der Waals surface area contributed by atoms with Gasteiger partial charge in [0.1, 0.15) is 0 Å². The van der Waals surface area contributed by atoms with Crippen molar-refractivity contribution in [3.63, 3.8) is 0 Å². The van der Waals surface area contributed by atoms with Gasteiger partial charge >= 0.3 is 0 Å². The van der Waals surface area contributed by atoms with Crippen LogP contribution in [0.15, 0.2) is 42.6 Å². The molecular weight excluding hydrogens is 278 g/mol. The number of nitrogens with two attached hydrogens (primary N) is 1. The van der Waals surface area contributed by atoms with Crippen LogP contribution in [0.25, 0.3) is 0 Å². The fraction of sp³-hybridized carbons (Fsp3) is 0.294. The van der Waals surface area contributed by atoms with Crippen LogP contribution in [0.3, 0.4) is 0 Å². The predicted octanol–water partition coefficient (Wildman–Crippen LogP) is 2.01. The Labute approximate surface area is 130 Å². The number of ether oxygens (including phenoxy) is 1. The molecule has 0 fully saturated rings. The molecule has 0 aliphatic rings. The summed E-state index contributed by atoms with van der Waals surface area (Å²) in [7, 11) is 0. The lowest BCUT2D eigenvalue weighted by atomic mass is 10.1. The van der Waals surface area contributed by atoms with Gasteiger partial charge in [0.05, 0.1) is 12.3 Å². The fourth-order valence-corrected chi connectivity index (χ4v) is 2.09. The van der Waals surface area contributed by atoms with Crippen LogP contribution in [0.1, 0.15) is 34.1 Å². The molecule has 0 bridgehead atoms. The molecule has 22 heavy (non-hydrogen) atoms. The first kappa shape index (κ1) is 16.1. The standard InChI is InChI=1S/C17H21N3O2/c1-2-22-12-15-6-4-3-5-14(15)11-20-17(21)13-7-8-19-16(9-13)10-18/h3-9H,2,10-12,18H2,1H3,(H,20,21). The first-order valence-electron chi connectivity index (χ1n) is 7.32. The second-order valence-electron chi connectivity index (χ2n) is 4.83. The van der Waals surface area contributed by atoms with Crippen LogP contribution in [0.2, 0.25) is 0 Å². The van der Waals surface area contributed by atoms with Gasteiger partial charge in [-0.2, -0.15) is 0 Å². The van der Waals surface area contributed by atoms with Gasteiger partial charge in [0, 0.05) is 31.5 Å². The summed E-state index contributed by atoms with van der Waals surface area (Å²) in [6.45, 7) is 3.96. The molecule has 1 amide bonds. The summed E-state index contributed by atoms with van der Waals surface area (Å²) in [5.41, 5.74) is 8.95. The molecule has 0 radical (unpaired) electrons. The van der Waals surface area contributed by atoms with Crippen molar-refractivity contribution in [1.82, 2.24) is 10.3 Å².